The van der Waals surface area contributed by atoms with E-state index in [0.717, 1.165) is 6.42 Å². The normalized spacial score (nSPS) is 22.0. The molecule has 0 fully saturated rings. The van der Waals surface area contributed by atoms with E-state index in [1.165, 1.54) is 30.2 Å². The van der Waals surface area contributed by atoms with Crippen LogP contribution in [0.5, 0.6) is 0 Å². The summed E-state index contributed by atoms with van der Waals surface area (Å²) in [6, 6.07) is 0. The third-order valence-electron chi connectivity index (χ3n) is 2.21. The first-order chi connectivity index (χ1) is 5.33. The molecule has 0 nitrogen and oxygen atoms in total. The Bertz CT molecular complexity index is 314. The van der Waals surface area contributed by atoms with Crippen molar-refractivity contribution < 1.29 is 0 Å². The van der Waals surface area contributed by atoms with Gasteiger partial charge in [-0.3, -0.25) is 0 Å². The van der Waals surface area contributed by atoms with Gasteiger partial charge in [-0.2, -0.15) is 0 Å². The van der Waals surface area contributed by atoms with Crippen molar-refractivity contribution in [1.82, 2.24) is 0 Å². The molecule has 2 rings (SSSR count). The second-order valence-electron chi connectivity index (χ2n) is 2.89. The van der Waals surface area contributed by atoms with Gasteiger partial charge in [0.2, 0.25) is 0 Å². The molecule has 2 aliphatic rings. The Hall–Kier alpha value is -0.610. The summed E-state index contributed by atoms with van der Waals surface area (Å²) in [5.74, 6) is 2.30. The van der Waals surface area contributed by atoms with Crippen molar-refractivity contribution in [1.29, 1.82) is 0 Å². The number of hydrogen-bond acceptors (Lipinski definition) is 0. The molecule has 1 aliphatic heterocycles. The van der Waals surface area contributed by atoms with Crippen molar-refractivity contribution in [3.63, 3.8) is 0 Å². The minimum atomic E-state index is 1.16. The summed E-state index contributed by atoms with van der Waals surface area (Å²) in [6.07, 6.45) is 5.65. The average molecular weight is 162 g/mol. The van der Waals surface area contributed by atoms with Gasteiger partial charge in [-0.25, -0.2) is 0 Å². The van der Waals surface area contributed by atoms with Crippen molar-refractivity contribution in [2.24, 2.45) is 0 Å². The molecule has 0 saturated heterocycles. The molecule has 1 aliphatic carbocycles. The molecule has 1 heteroatoms. The Balaban J connectivity index is 2.47. The quantitative estimate of drug-likeness (QED) is 0.519. The molecule has 0 atom stereocenters. The van der Waals surface area contributed by atoms with Crippen molar-refractivity contribution in [2.45, 2.75) is 20.3 Å². The summed E-state index contributed by atoms with van der Waals surface area (Å²) < 4.78 is 0. The molecule has 0 saturated carbocycles. The monoisotopic (exact) mass is 162 g/mol. The standard InChI is InChI=1S/C10H11P/c1-3-8-4-5-9-6-11-7(2)10(8)9/h4-6H,3H2,1-2H3. The van der Waals surface area contributed by atoms with Crippen LogP contribution in [-0.2, 0) is 0 Å². The Morgan fingerprint density at radius 1 is 1.36 bits per heavy atom. The molecule has 0 N–H and O–H groups in total. The fourth-order valence-electron chi connectivity index (χ4n) is 1.62. The van der Waals surface area contributed by atoms with Crippen LogP contribution < -0.4 is 0 Å². The zero-order chi connectivity index (χ0) is 7.84. The van der Waals surface area contributed by atoms with Crippen molar-refractivity contribution >= 4 is 14.0 Å². The van der Waals surface area contributed by atoms with Crippen molar-refractivity contribution in [3.8, 4) is 0 Å². The van der Waals surface area contributed by atoms with Crippen molar-refractivity contribution in [2.75, 3.05) is 0 Å². The molecule has 0 spiro atoms. The van der Waals surface area contributed by atoms with Crippen LogP contribution in [0.15, 0.2) is 34.2 Å². The highest BCUT2D eigenvalue weighted by molar-refractivity contribution is 7.44. The maximum atomic E-state index is 2.30. The van der Waals surface area contributed by atoms with Crippen LogP contribution in [0.2, 0.25) is 0 Å². The van der Waals surface area contributed by atoms with E-state index in [-0.39, 0.29) is 0 Å². The topological polar surface area (TPSA) is 0 Å². The summed E-state index contributed by atoms with van der Waals surface area (Å²) in [7, 11) is 1.39. The molecule has 56 valence electrons. The van der Waals surface area contributed by atoms with Crippen LogP contribution in [0.3, 0.4) is 0 Å². The van der Waals surface area contributed by atoms with Crippen LogP contribution in [0.25, 0.3) is 0 Å². The summed E-state index contributed by atoms with van der Waals surface area (Å²) in [4.78, 5) is 0. The summed E-state index contributed by atoms with van der Waals surface area (Å²) in [6.45, 7) is 4.45. The minimum Gasteiger partial charge on any atom is -0.0719 e. The molecule has 0 aromatic carbocycles. The van der Waals surface area contributed by atoms with E-state index in [2.05, 4.69) is 31.8 Å². The van der Waals surface area contributed by atoms with E-state index < -0.39 is 0 Å². The second kappa shape index (κ2) is 2.46. The summed E-state index contributed by atoms with van der Waals surface area (Å²) in [5, 5.41) is 1.52. The number of fused-ring (bicyclic) bond motifs is 1. The molecule has 0 amide bonds. The van der Waals surface area contributed by atoms with Gasteiger partial charge in [0.1, 0.15) is 0 Å². The fourth-order valence-corrected chi connectivity index (χ4v) is 2.57. The van der Waals surface area contributed by atoms with E-state index >= 15 is 0 Å². The highest BCUT2D eigenvalue weighted by Gasteiger charge is 2.17. The lowest BCUT2D eigenvalue weighted by Gasteiger charge is -2.02. The van der Waals surface area contributed by atoms with Gasteiger partial charge in [0, 0.05) is 0 Å². The predicted molar refractivity (Wildman–Crippen MR) is 52.1 cm³/mol. The molecule has 0 bridgehead atoms. The minimum absolute atomic E-state index is 1.16. The van der Waals surface area contributed by atoms with E-state index in [1.807, 2.05) is 0 Å². The third-order valence-corrected chi connectivity index (χ3v) is 3.23. The lowest BCUT2D eigenvalue weighted by atomic mass is 10.0. The van der Waals surface area contributed by atoms with Crippen LogP contribution in [-0.4, -0.2) is 5.80 Å². The largest absolute Gasteiger partial charge is 0.0719 e. The number of hydrogen-bond donors (Lipinski definition) is 0. The molecule has 0 radical (unpaired) electrons. The molecule has 11 heavy (non-hydrogen) atoms. The van der Waals surface area contributed by atoms with Gasteiger partial charge in [0.05, 0.1) is 0 Å². The van der Waals surface area contributed by atoms with Gasteiger partial charge in [-0.05, 0) is 41.2 Å². The highest BCUT2D eigenvalue weighted by Crippen LogP contribution is 2.39. The van der Waals surface area contributed by atoms with E-state index in [9.17, 15) is 0 Å². The zero-order valence-electron chi connectivity index (χ0n) is 6.89. The third kappa shape index (κ3) is 0.937. The number of allylic oxidation sites excluding steroid dienone is 6. The first-order valence-electron chi connectivity index (χ1n) is 3.99. The fraction of sp³-hybridized carbons (Fsp3) is 0.300. The highest BCUT2D eigenvalue weighted by atomic mass is 31.1. The lowest BCUT2D eigenvalue weighted by molar-refractivity contribution is 1.13. The molecular weight excluding hydrogens is 151 g/mol. The smallest absolute Gasteiger partial charge is 0.00736 e. The van der Waals surface area contributed by atoms with Crippen molar-refractivity contribution in [3.05, 3.63) is 34.2 Å². The van der Waals surface area contributed by atoms with E-state index in [0.29, 0.717) is 0 Å². The Labute approximate surface area is 69.1 Å². The second-order valence-corrected chi connectivity index (χ2v) is 4.07. The van der Waals surface area contributed by atoms with Gasteiger partial charge < -0.3 is 0 Å². The van der Waals surface area contributed by atoms with Gasteiger partial charge in [-0.1, -0.05) is 27.3 Å². The zero-order valence-corrected chi connectivity index (χ0v) is 7.78. The first-order valence-corrected chi connectivity index (χ1v) is 4.96. The van der Waals surface area contributed by atoms with Gasteiger partial charge in [-0.15, -0.1) is 0 Å². The number of rotatable bonds is 1. The van der Waals surface area contributed by atoms with Gasteiger partial charge >= 0.3 is 0 Å². The van der Waals surface area contributed by atoms with Gasteiger partial charge in [0.15, 0.2) is 0 Å². The van der Waals surface area contributed by atoms with Crippen LogP contribution in [0.1, 0.15) is 20.3 Å². The first kappa shape index (κ1) is 7.06. The van der Waals surface area contributed by atoms with E-state index in [4.69, 9.17) is 0 Å². The Morgan fingerprint density at radius 2 is 2.18 bits per heavy atom. The molecule has 0 aromatic rings. The molecular formula is C10H11P. The van der Waals surface area contributed by atoms with Crippen LogP contribution >= 0.6 is 8.20 Å². The van der Waals surface area contributed by atoms with E-state index in [1.54, 1.807) is 0 Å². The molecule has 0 unspecified atom stereocenters. The maximum absolute atomic E-state index is 2.30. The summed E-state index contributed by atoms with van der Waals surface area (Å²) in [5.41, 5.74) is 4.48. The van der Waals surface area contributed by atoms with Crippen LogP contribution in [0.4, 0.5) is 0 Å². The lowest BCUT2D eigenvalue weighted by Crippen LogP contribution is -1.86. The predicted octanol–water partition coefficient (Wildman–Crippen LogP) is 3.30. The Kier molecular flexibility index (Phi) is 1.58. The SMILES string of the molecule is CCC1=CC=C2C=PC(C)=C21. The maximum Gasteiger partial charge on any atom is -0.00736 e. The average Bonchev–Trinajstić information content (AvgIpc) is 2.54. The van der Waals surface area contributed by atoms with Gasteiger partial charge in [0.25, 0.3) is 0 Å². The Morgan fingerprint density at radius 3 is 2.91 bits per heavy atom. The van der Waals surface area contributed by atoms with Crippen LogP contribution in [0, 0.1) is 0 Å². The summed E-state index contributed by atoms with van der Waals surface area (Å²) >= 11 is 0. The molecule has 1 heterocycles. The molecule has 0 aromatic heterocycles.